The number of nitrogens with zero attached hydrogens (tertiary/aromatic N) is 1. The average molecular weight is 276 g/mol. The molecule has 1 aliphatic heterocycles. The lowest BCUT2D eigenvalue weighted by Gasteiger charge is -2.25. The number of benzene rings is 1. The number of hydrogen-bond donors (Lipinski definition) is 1. The topological polar surface area (TPSA) is 24.5 Å². The molecule has 0 bridgehead atoms. The third-order valence-electron chi connectivity index (χ3n) is 3.58. The number of ether oxygens (including phenoxy) is 1. The summed E-state index contributed by atoms with van der Waals surface area (Å²) in [5, 5.41) is 3.52. The van der Waals surface area contributed by atoms with E-state index in [1.54, 1.807) is 0 Å². The van der Waals surface area contributed by atoms with E-state index >= 15 is 0 Å². The van der Waals surface area contributed by atoms with Crippen molar-refractivity contribution in [3.63, 3.8) is 0 Å². The van der Waals surface area contributed by atoms with Crippen molar-refractivity contribution in [1.29, 1.82) is 0 Å². The maximum atomic E-state index is 5.70. The Hall–Kier alpha value is -1.06. The fourth-order valence-corrected chi connectivity index (χ4v) is 2.42. The maximum absolute atomic E-state index is 5.70. The van der Waals surface area contributed by atoms with E-state index in [-0.39, 0.29) is 5.54 Å². The van der Waals surface area contributed by atoms with Gasteiger partial charge in [-0.1, -0.05) is 12.1 Å². The fraction of sp³-hybridized carbons (Fsp3) is 0.647. The van der Waals surface area contributed by atoms with Crippen LogP contribution in [0, 0.1) is 0 Å². The molecular formula is C17H28N2O. The molecule has 0 spiro atoms. The van der Waals surface area contributed by atoms with Crippen LogP contribution in [0.2, 0.25) is 0 Å². The van der Waals surface area contributed by atoms with E-state index in [0.29, 0.717) is 6.10 Å². The third-order valence-corrected chi connectivity index (χ3v) is 3.58. The lowest BCUT2D eigenvalue weighted by Crippen LogP contribution is -2.35. The maximum Gasteiger partial charge on any atom is 0.0721 e. The molecule has 1 heterocycles. The van der Waals surface area contributed by atoms with Crippen molar-refractivity contribution < 1.29 is 4.74 Å². The molecule has 0 saturated carbocycles. The van der Waals surface area contributed by atoms with Gasteiger partial charge in [0.1, 0.15) is 0 Å². The van der Waals surface area contributed by atoms with Crippen LogP contribution in [0.4, 0.5) is 5.69 Å². The van der Waals surface area contributed by atoms with Crippen molar-refractivity contribution in [1.82, 2.24) is 5.32 Å². The van der Waals surface area contributed by atoms with Gasteiger partial charge in [0, 0.05) is 37.5 Å². The van der Waals surface area contributed by atoms with Crippen molar-refractivity contribution in [2.24, 2.45) is 0 Å². The Labute approximate surface area is 123 Å². The number of hydrogen-bond acceptors (Lipinski definition) is 3. The second-order valence-corrected chi connectivity index (χ2v) is 6.75. The molecule has 0 radical (unpaired) electrons. The summed E-state index contributed by atoms with van der Waals surface area (Å²) in [6.45, 7) is 12.6. The molecule has 1 atom stereocenters. The zero-order valence-corrected chi connectivity index (χ0v) is 13.3. The second-order valence-electron chi connectivity index (χ2n) is 6.75. The molecule has 20 heavy (non-hydrogen) atoms. The van der Waals surface area contributed by atoms with Gasteiger partial charge in [0.25, 0.3) is 0 Å². The predicted molar refractivity (Wildman–Crippen MR) is 85.3 cm³/mol. The highest BCUT2D eigenvalue weighted by molar-refractivity contribution is 5.47. The highest BCUT2D eigenvalue weighted by Crippen LogP contribution is 2.19. The first-order valence-electron chi connectivity index (χ1n) is 7.64. The van der Waals surface area contributed by atoms with Crippen LogP contribution in [0.3, 0.4) is 0 Å². The highest BCUT2D eigenvalue weighted by Gasteiger charge is 2.15. The highest BCUT2D eigenvalue weighted by atomic mass is 16.5. The number of rotatable bonds is 3. The van der Waals surface area contributed by atoms with Gasteiger partial charge in [0.2, 0.25) is 0 Å². The third kappa shape index (κ3) is 4.80. The largest absolute Gasteiger partial charge is 0.377 e. The molecule has 0 aromatic heterocycles. The standard InChI is InChI=1S/C17H28N2O/c1-14-13-19(10-5-11-20-14)16-8-6-15(7-9-16)12-18-17(2,3)4/h6-9,14,18H,5,10-13H2,1-4H3. The molecule has 1 aromatic carbocycles. The van der Waals surface area contributed by atoms with E-state index in [2.05, 4.69) is 62.2 Å². The van der Waals surface area contributed by atoms with Gasteiger partial charge in [-0.05, 0) is 51.8 Å². The minimum Gasteiger partial charge on any atom is -0.377 e. The molecule has 1 saturated heterocycles. The van der Waals surface area contributed by atoms with Crippen LogP contribution in [0.1, 0.15) is 39.7 Å². The second kappa shape index (κ2) is 6.59. The first-order valence-corrected chi connectivity index (χ1v) is 7.64. The zero-order chi connectivity index (χ0) is 14.6. The van der Waals surface area contributed by atoms with Gasteiger partial charge in [-0.15, -0.1) is 0 Å². The smallest absolute Gasteiger partial charge is 0.0721 e. The van der Waals surface area contributed by atoms with Crippen LogP contribution in [0.5, 0.6) is 0 Å². The Morgan fingerprint density at radius 1 is 1.25 bits per heavy atom. The molecule has 112 valence electrons. The van der Waals surface area contributed by atoms with Gasteiger partial charge in [0.05, 0.1) is 6.10 Å². The monoisotopic (exact) mass is 276 g/mol. The molecule has 3 heteroatoms. The summed E-state index contributed by atoms with van der Waals surface area (Å²) in [4.78, 5) is 2.43. The van der Waals surface area contributed by atoms with Gasteiger partial charge in [0.15, 0.2) is 0 Å². The van der Waals surface area contributed by atoms with Gasteiger partial charge in [-0.2, -0.15) is 0 Å². The summed E-state index contributed by atoms with van der Waals surface area (Å²) in [6, 6.07) is 8.92. The van der Waals surface area contributed by atoms with Gasteiger partial charge in [-0.25, -0.2) is 0 Å². The van der Waals surface area contributed by atoms with Crippen molar-refractivity contribution >= 4 is 5.69 Å². The lowest BCUT2D eigenvalue weighted by molar-refractivity contribution is 0.0821. The Kier molecular flexibility index (Phi) is 5.06. The van der Waals surface area contributed by atoms with Gasteiger partial charge >= 0.3 is 0 Å². The number of nitrogens with one attached hydrogen (secondary N) is 1. The summed E-state index contributed by atoms with van der Waals surface area (Å²) in [5.41, 5.74) is 2.81. The van der Waals surface area contributed by atoms with E-state index in [1.807, 2.05) is 0 Å². The summed E-state index contributed by atoms with van der Waals surface area (Å²) in [7, 11) is 0. The SMILES string of the molecule is CC1CN(c2ccc(CNC(C)(C)C)cc2)CCCO1. The van der Waals surface area contributed by atoms with Crippen molar-refractivity contribution in [2.45, 2.75) is 52.3 Å². The molecule has 2 rings (SSSR count). The first-order chi connectivity index (χ1) is 9.44. The van der Waals surface area contributed by atoms with Crippen molar-refractivity contribution in [3.8, 4) is 0 Å². The van der Waals surface area contributed by atoms with E-state index < -0.39 is 0 Å². The minimum absolute atomic E-state index is 0.163. The molecule has 1 unspecified atom stereocenters. The van der Waals surface area contributed by atoms with Crippen LogP contribution >= 0.6 is 0 Å². The normalized spacial score (nSPS) is 20.8. The van der Waals surface area contributed by atoms with Gasteiger partial charge < -0.3 is 15.0 Å². The van der Waals surface area contributed by atoms with Crippen molar-refractivity contribution in [3.05, 3.63) is 29.8 Å². The van der Waals surface area contributed by atoms with Gasteiger partial charge in [-0.3, -0.25) is 0 Å². The van der Waals surface area contributed by atoms with Crippen LogP contribution < -0.4 is 10.2 Å². The summed E-state index contributed by atoms with van der Waals surface area (Å²) < 4.78 is 5.70. The van der Waals surface area contributed by atoms with E-state index in [1.165, 1.54) is 11.3 Å². The first kappa shape index (κ1) is 15.3. The molecule has 0 aliphatic carbocycles. The summed E-state index contributed by atoms with van der Waals surface area (Å²) >= 11 is 0. The minimum atomic E-state index is 0.163. The van der Waals surface area contributed by atoms with Crippen molar-refractivity contribution in [2.75, 3.05) is 24.6 Å². The molecule has 0 amide bonds. The Morgan fingerprint density at radius 2 is 1.95 bits per heavy atom. The van der Waals surface area contributed by atoms with E-state index in [4.69, 9.17) is 4.74 Å². The quantitative estimate of drug-likeness (QED) is 0.917. The molecule has 1 aromatic rings. The lowest BCUT2D eigenvalue weighted by atomic mass is 10.1. The summed E-state index contributed by atoms with van der Waals surface area (Å²) in [6.07, 6.45) is 1.43. The predicted octanol–water partition coefficient (Wildman–Crippen LogP) is 3.19. The average Bonchev–Trinajstić information content (AvgIpc) is 2.61. The molecular weight excluding hydrogens is 248 g/mol. The molecule has 1 fully saturated rings. The molecule has 3 nitrogen and oxygen atoms in total. The Morgan fingerprint density at radius 3 is 2.60 bits per heavy atom. The van der Waals surface area contributed by atoms with Crippen LogP contribution in [0.25, 0.3) is 0 Å². The number of anilines is 1. The van der Waals surface area contributed by atoms with Crippen LogP contribution in [-0.2, 0) is 11.3 Å². The Balaban J connectivity index is 1.96. The fourth-order valence-electron chi connectivity index (χ4n) is 2.42. The van der Waals surface area contributed by atoms with Crippen LogP contribution in [0.15, 0.2) is 24.3 Å². The Bertz CT molecular complexity index is 408. The molecule has 1 N–H and O–H groups in total. The van der Waals surface area contributed by atoms with E-state index in [9.17, 15) is 0 Å². The molecule has 1 aliphatic rings. The van der Waals surface area contributed by atoms with E-state index in [0.717, 1.165) is 32.7 Å². The van der Waals surface area contributed by atoms with Crippen LogP contribution in [-0.4, -0.2) is 31.3 Å². The zero-order valence-electron chi connectivity index (χ0n) is 13.3. The summed E-state index contributed by atoms with van der Waals surface area (Å²) in [5.74, 6) is 0.